The molecule has 2 aromatic heterocycles. The predicted molar refractivity (Wildman–Crippen MR) is 184 cm³/mol. The largest absolute Gasteiger partial charge is 0.247 e. The Kier molecular flexibility index (Phi) is 5.40. The van der Waals surface area contributed by atoms with Gasteiger partial charge in [0.25, 0.3) is 0 Å². The number of hydrogen-bond acceptors (Lipinski definition) is 3. The molecule has 0 saturated heterocycles. The molecule has 2 heterocycles. The number of hydrogen-bond donors (Lipinski definition) is 0. The van der Waals surface area contributed by atoms with Crippen LogP contribution in [0, 0.1) is 0 Å². The van der Waals surface area contributed by atoms with Crippen LogP contribution < -0.4 is 0 Å². The predicted octanol–water partition coefficient (Wildman–Crippen LogP) is 11.3. The molecule has 0 atom stereocenters. The summed E-state index contributed by atoms with van der Waals surface area (Å²) in [6, 6.07) is 51.9. The maximum absolute atomic E-state index is 5.34. The highest BCUT2D eigenvalue weighted by atomic mass is 32.1. The number of para-hydroxylation sites is 1. The smallest absolute Gasteiger partial charge is 0.124 e. The summed E-state index contributed by atoms with van der Waals surface area (Å²) in [6.07, 6.45) is 0. The van der Waals surface area contributed by atoms with E-state index in [0.717, 1.165) is 44.0 Å². The van der Waals surface area contributed by atoms with E-state index in [1.165, 1.54) is 42.4 Å². The third-order valence-electron chi connectivity index (χ3n) is 8.45. The van der Waals surface area contributed by atoms with E-state index in [1.54, 1.807) is 11.3 Å². The molecule has 0 bridgehead atoms. The van der Waals surface area contributed by atoms with Crippen molar-refractivity contribution in [2.75, 3.05) is 0 Å². The van der Waals surface area contributed by atoms with Crippen LogP contribution in [0.1, 0.15) is 0 Å². The zero-order valence-corrected chi connectivity index (χ0v) is 24.0. The average molecular weight is 565 g/mol. The molecule has 9 rings (SSSR count). The fraction of sp³-hybridized carbons (Fsp3) is 0. The molecule has 0 fully saturated rings. The number of rotatable bonds is 3. The number of nitrogens with zero attached hydrogens (tertiary/aromatic N) is 2. The minimum Gasteiger partial charge on any atom is -0.247 e. The number of aromatic nitrogens is 2. The van der Waals surface area contributed by atoms with Gasteiger partial charge in [-0.15, -0.1) is 11.3 Å². The third kappa shape index (κ3) is 3.86. The van der Waals surface area contributed by atoms with Gasteiger partial charge in [-0.25, -0.2) is 9.97 Å². The lowest BCUT2D eigenvalue weighted by molar-refractivity contribution is 1.43. The van der Waals surface area contributed by atoms with Crippen LogP contribution in [0.2, 0.25) is 0 Å². The first-order chi connectivity index (χ1) is 21.3. The molecule has 0 spiro atoms. The summed E-state index contributed by atoms with van der Waals surface area (Å²) in [4.78, 5) is 10.3. The van der Waals surface area contributed by atoms with Crippen LogP contribution in [0.5, 0.6) is 0 Å². The molecule has 43 heavy (non-hydrogen) atoms. The van der Waals surface area contributed by atoms with E-state index >= 15 is 0 Å². The molecule has 0 saturated carbocycles. The molecule has 7 aromatic carbocycles. The molecule has 0 N–H and O–H groups in total. The van der Waals surface area contributed by atoms with Gasteiger partial charge in [-0.05, 0) is 56.9 Å². The molecule has 0 amide bonds. The molecule has 2 nitrogen and oxygen atoms in total. The highest BCUT2D eigenvalue weighted by Gasteiger charge is 2.18. The van der Waals surface area contributed by atoms with Gasteiger partial charge < -0.3 is 0 Å². The number of fused-ring (bicyclic) bond motifs is 9. The topological polar surface area (TPSA) is 25.8 Å². The zero-order valence-electron chi connectivity index (χ0n) is 23.2. The van der Waals surface area contributed by atoms with Crippen molar-refractivity contribution in [2.24, 2.45) is 0 Å². The van der Waals surface area contributed by atoms with Crippen molar-refractivity contribution in [3.63, 3.8) is 0 Å². The van der Waals surface area contributed by atoms with E-state index in [9.17, 15) is 0 Å². The van der Waals surface area contributed by atoms with Gasteiger partial charge in [0.15, 0.2) is 0 Å². The summed E-state index contributed by atoms with van der Waals surface area (Å²) in [7, 11) is 0. The summed E-state index contributed by atoms with van der Waals surface area (Å²) in [5, 5.41) is 9.71. The Morgan fingerprint density at radius 3 is 1.77 bits per heavy atom. The second-order valence-corrected chi connectivity index (χ2v) is 12.0. The monoisotopic (exact) mass is 564 g/mol. The van der Waals surface area contributed by atoms with E-state index < -0.39 is 0 Å². The third-order valence-corrected chi connectivity index (χ3v) is 9.54. The van der Waals surface area contributed by atoms with E-state index in [0.29, 0.717) is 0 Å². The van der Waals surface area contributed by atoms with Gasteiger partial charge in [0.1, 0.15) is 5.01 Å². The maximum atomic E-state index is 5.34. The quantitative estimate of drug-likeness (QED) is 0.199. The van der Waals surface area contributed by atoms with Gasteiger partial charge in [-0.2, -0.15) is 0 Å². The van der Waals surface area contributed by atoms with Crippen molar-refractivity contribution in [1.82, 2.24) is 9.97 Å². The summed E-state index contributed by atoms with van der Waals surface area (Å²) < 4.78 is 1.19. The minimum absolute atomic E-state index is 1.01. The normalized spacial score (nSPS) is 11.7. The Labute approximate surface area is 252 Å². The fourth-order valence-electron chi connectivity index (χ4n) is 6.49. The van der Waals surface area contributed by atoms with Crippen LogP contribution in [0.25, 0.3) is 86.4 Å². The first-order valence-corrected chi connectivity index (χ1v) is 15.3. The molecule has 0 aliphatic heterocycles. The van der Waals surface area contributed by atoms with Crippen LogP contribution in [0.4, 0.5) is 0 Å². The first-order valence-electron chi connectivity index (χ1n) is 14.5. The Hall–Kier alpha value is -5.38. The molecular weight excluding hydrogens is 541 g/mol. The highest BCUT2D eigenvalue weighted by Crippen LogP contribution is 2.43. The molecule has 200 valence electrons. The van der Waals surface area contributed by atoms with Crippen LogP contribution in [0.15, 0.2) is 146 Å². The lowest BCUT2D eigenvalue weighted by Gasteiger charge is -2.16. The van der Waals surface area contributed by atoms with E-state index in [2.05, 4.69) is 140 Å². The molecule has 0 radical (unpaired) electrons. The Balaban J connectivity index is 1.29. The van der Waals surface area contributed by atoms with Gasteiger partial charge >= 0.3 is 0 Å². The highest BCUT2D eigenvalue weighted by molar-refractivity contribution is 7.21. The molecule has 0 aliphatic rings. The fourth-order valence-corrected chi connectivity index (χ4v) is 7.44. The minimum atomic E-state index is 1.01. The molecule has 9 aromatic rings. The van der Waals surface area contributed by atoms with Crippen molar-refractivity contribution in [1.29, 1.82) is 0 Å². The van der Waals surface area contributed by atoms with Crippen LogP contribution >= 0.6 is 11.3 Å². The molecular formula is C40H24N2S. The SMILES string of the molecule is c1ccc(-c2nc3cc(-c4cccc(-c5nc6ccccc6c6c7ccccc7c7ccccc7c56)c4)ccc3s2)cc1. The maximum Gasteiger partial charge on any atom is 0.124 e. The molecule has 0 unspecified atom stereocenters. The van der Waals surface area contributed by atoms with Gasteiger partial charge in [0.2, 0.25) is 0 Å². The zero-order chi connectivity index (χ0) is 28.3. The van der Waals surface area contributed by atoms with Crippen molar-refractivity contribution in [2.45, 2.75) is 0 Å². The van der Waals surface area contributed by atoms with Gasteiger partial charge in [-0.3, -0.25) is 0 Å². The van der Waals surface area contributed by atoms with E-state index in [1.807, 2.05) is 6.07 Å². The van der Waals surface area contributed by atoms with Crippen molar-refractivity contribution in [3.8, 4) is 33.0 Å². The van der Waals surface area contributed by atoms with Crippen LogP contribution in [-0.4, -0.2) is 9.97 Å². The van der Waals surface area contributed by atoms with Gasteiger partial charge in [0.05, 0.1) is 21.4 Å². The van der Waals surface area contributed by atoms with Crippen molar-refractivity contribution in [3.05, 3.63) is 146 Å². The Morgan fingerprint density at radius 2 is 0.977 bits per heavy atom. The van der Waals surface area contributed by atoms with Gasteiger partial charge in [-0.1, -0.05) is 121 Å². The lowest BCUT2D eigenvalue weighted by atomic mass is 9.89. The van der Waals surface area contributed by atoms with Gasteiger partial charge in [0, 0.05) is 27.3 Å². The average Bonchev–Trinajstić information content (AvgIpc) is 3.52. The van der Waals surface area contributed by atoms with Crippen LogP contribution in [-0.2, 0) is 0 Å². The molecule has 3 heteroatoms. The van der Waals surface area contributed by atoms with E-state index in [4.69, 9.17) is 9.97 Å². The second-order valence-electron chi connectivity index (χ2n) is 11.0. The number of benzene rings is 7. The Morgan fingerprint density at radius 1 is 0.372 bits per heavy atom. The standard InChI is InChI=1S/C40H24N2S/c1-2-11-25(12-3-1)40-42-35-24-27(21-22-36(35)43-40)26-13-10-14-28(23-26)39-38-32-18-7-5-16-30(32)29-15-4-6-17-31(29)37(38)33-19-8-9-20-34(33)41-39/h1-24H. The Bertz CT molecular complexity index is 2510. The number of thiazole rings is 1. The second kappa shape index (κ2) is 9.59. The van der Waals surface area contributed by atoms with Crippen molar-refractivity contribution < 1.29 is 0 Å². The summed E-state index contributed by atoms with van der Waals surface area (Å²) in [5.41, 5.74) is 7.62. The van der Waals surface area contributed by atoms with Crippen LogP contribution in [0.3, 0.4) is 0 Å². The lowest BCUT2D eigenvalue weighted by Crippen LogP contribution is -1.93. The number of pyridine rings is 1. The van der Waals surface area contributed by atoms with Crippen molar-refractivity contribution >= 4 is 64.8 Å². The van der Waals surface area contributed by atoms with E-state index in [-0.39, 0.29) is 0 Å². The first kappa shape index (κ1) is 24.2. The summed E-state index contributed by atoms with van der Waals surface area (Å²) >= 11 is 1.74. The summed E-state index contributed by atoms with van der Waals surface area (Å²) in [6.45, 7) is 0. The summed E-state index contributed by atoms with van der Waals surface area (Å²) in [5.74, 6) is 0. The molecule has 0 aliphatic carbocycles.